The molecule has 0 aliphatic rings. The van der Waals surface area contributed by atoms with E-state index in [9.17, 15) is 0 Å². The van der Waals surface area contributed by atoms with Gasteiger partial charge in [0.1, 0.15) is 0 Å². The van der Waals surface area contributed by atoms with Crippen LogP contribution in [-0.2, 0) is 0 Å². The smallest absolute Gasteiger partial charge is 0.255 e. The zero-order chi connectivity index (χ0) is 8.55. The minimum Gasteiger partial charge on any atom is -0.396 e. The normalized spacial score (nSPS) is 10.8. The monoisotopic (exact) mass is 181 g/mol. The molecule has 12 heavy (non-hydrogen) atoms. The van der Waals surface area contributed by atoms with Gasteiger partial charge in [-0.1, -0.05) is 11.8 Å². The van der Waals surface area contributed by atoms with Crippen molar-refractivity contribution < 1.29 is 0 Å². The molecule has 0 aliphatic heterocycles. The van der Waals surface area contributed by atoms with Crippen LogP contribution in [0.5, 0.6) is 0 Å². The first-order chi connectivity index (χ1) is 5.81. The quantitative estimate of drug-likeness (QED) is 0.646. The third kappa shape index (κ3) is 1.00. The fourth-order valence-corrected chi connectivity index (χ4v) is 1.38. The van der Waals surface area contributed by atoms with E-state index >= 15 is 0 Å². The number of rotatable bonds is 1. The van der Waals surface area contributed by atoms with Crippen LogP contribution in [0, 0.1) is 0 Å². The molecule has 2 aromatic rings. The highest BCUT2D eigenvalue weighted by atomic mass is 32.2. The lowest BCUT2D eigenvalue weighted by Gasteiger charge is -1.95. The van der Waals surface area contributed by atoms with Crippen molar-refractivity contribution >= 4 is 23.2 Å². The fourth-order valence-electron chi connectivity index (χ4n) is 0.924. The molecule has 0 aromatic carbocycles. The van der Waals surface area contributed by atoms with E-state index in [2.05, 4.69) is 15.2 Å². The van der Waals surface area contributed by atoms with Crippen molar-refractivity contribution in [2.45, 2.75) is 5.16 Å². The lowest BCUT2D eigenvalue weighted by Crippen LogP contribution is -1.93. The molecule has 6 heteroatoms. The van der Waals surface area contributed by atoms with Crippen molar-refractivity contribution in [3.05, 3.63) is 12.4 Å². The van der Waals surface area contributed by atoms with Crippen LogP contribution in [0.15, 0.2) is 17.6 Å². The van der Waals surface area contributed by atoms with E-state index in [1.54, 1.807) is 16.8 Å². The van der Waals surface area contributed by atoms with E-state index in [1.807, 2.05) is 6.26 Å². The Balaban J connectivity index is 2.75. The van der Waals surface area contributed by atoms with Crippen LogP contribution in [0.4, 0.5) is 5.69 Å². The SMILES string of the molecule is CSc1nnc2ncc(N)cn12. The van der Waals surface area contributed by atoms with Crippen LogP contribution >= 0.6 is 11.8 Å². The highest BCUT2D eigenvalue weighted by Gasteiger charge is 2.03. The van der Waals surface area contributed by atoms with Gasteiger partial charge < -0.3 is 5.73 Å². The van der Waals surface area contributed by atoms with E-state index < -0.39 is 0 Å². The molecule has 2 aromatic heterocycles. The number of nitrogen functional groups attached to an aromatic ring is 1. The molecule has 0 amide bonds. The Morgan fingerprint density at radius 2 is 2.33 bits per heavy atom. The van der Waals surface area contributed by atoms with E-state index in [-0.39, 0.29) is 0 Å². The van der Waals surface area contributed by atoms with Crippen LogP contribution in [0.3, 0.4) is 0 Å². The number of nitrogens with two attached hydrogens (primary N) is 1. The summed E-state index contributed by atoms with van der Waals surface area (Å²) in [5.41, 5.74) is 6.17. The maximum Gasteiger partial charge on any atom is 0.255 e. The lowest BCUT2D eigenvalue weighted by molar-refractivity contribution is 0.923. The average Bonchev–Trinajstić information content (AvgIpc) is 2.46. The van der Waals surface area contributed by atoms with Gasteiger partial charge in [-0.05, 0) is 6.26 Å². The lowest BCUT2D eigenvalue weighted by atomic mass is 10.6. The second-order valence-electron chi connectivity index (χ2n) is 2.24. The zero-order valence-corrected chi connectivity index (χ0v) is 7.25. The summed E-state index contributed by atoms with van der Waals surface area (Å²) in [5.74, 6) is 0.577. The summed E-state index contributed by atoms with van der Waals surface area (Å²) < 4.78 is 1.76. The molecule has 0 unspecified atom stereocenters. The van der Waals surface area contributed by atoms with Gasteiger partial charge in [-0.25, -0.2) is 4.98 Å². The van der Waals surface area contributed by atoms with Gasteiger partial charge in [0.05, 0.1) is 11.9 Å². The summed E-state index contributed by atoms with van der Waals surface area (Å²) >= 11 is 1.51. The van der Waals surface area contributed by atoms with Crippen LogP contribution < -0.4 is 5.73 Å². The van der Waals surface area contributed by atoms with E-state index in [0.29, 0.717) is 11.5 Å². The Kier molecular flexibility index (Phi) is 1.61. The molecule has 2 N–H and O–H groups in total. The minimum atomic E-state index is 0.577. The van der Waals surface area contributed by atoms with E-state index in [0.717, 1.165) is 5.16 Å². The second kappa shape index (κ2) is 2.63. The zero-order valence-electron chi connectivity index (χ0n) is 6.43. The molecule has 0 saturated heterocycles. The predicted molar refractivity (Wildman–Crippen MR) is 47.0 cm³/mol. The van der Waals surface area contributed by atoms with Crippen molar-refractivity contribution in [1.82, 2.24) is 19.6 Å². The number of fused-ring (bicyclic) bond motifs is 1. The third-order valence-corrected chi connectivity index (χ3v) is 2.08. The Morgan fingerprint density at radius 1 is 1.50 bits per heavy atom. The molecule has 0 spiro atoms. The Bertz CT molecular complexity index is 409. The molecular formula is C6H7N5S. The summed E-state index contributed by atoms with van der Waals surface area (Å²) in [4.78, 5) is 4.00. The standard InChI is InChI=1S/C6H7N5S/c1-12-6-10-9-5-8-2-4(7)3-11(5)6/h2-3H,7H2,1H3. The maximum atomic E-state index is 5.56. The molecule has 62 valence electrons. The first-order valence-corrected chi connectivity index (χ1v) is 4.54. The highest BCUT2D eigenvalue weighted by molar-refractivity contribution is 7.98. The summed E-state index contributed by atoms with van der Waals surface area (Å²) in [6, 6.07) is 0. The maximum absolute atomic E-state index is 5.56. The van der Waals surface area contributed by atoms with Crippen LogP contribution in [0.2, 0.25) is 0 Å². The predicted octanol–water partition coefficient (Wildman–Crippen LogP) is 0.428. The molecule has 5 nitrogen and oxygen atoms in total. The topological polar surface area (TPSA) is 69.1 Å². The van der Waals surface area contributed by atoms with Crippen molar-refractivity contribution in [2.24, 2.45) is 0 Å². The third-order valence-electron chi connectivity index (χ3n) is 1.44. The summed E-state index contributed by atoms with van der Waals surface area (Å²) in [7, 11) is 0. The van der Waals surface area contributed by atoms with Gasteiger partial charge in [-0.3, -0.25) is 4.40 Å². The number of anilines is 1. The van der Waals surface area contributed by atoms with Crippen molar-refractivity contribution in [3.8, 4) is 0 Å². The van der Waals surface area contributed by atoms with Crippen molar-refractivity contribution in [3.63, 3.8) is 0 Å². The average molecular weight is 181 g/mol. The molecule has 0 saturated carbocycles. The van der Waals surface area contributed by atoms with Crippen LogP contribution in [-0.4, -0.2) is 25.8 Å². The number of hydrogen-bond donors (Lipinski definition) is 1. The molecule has 0 aliphatic carbocycles. The highest BCUT2D eigenvalue weighted by Crippen LogP contribution is 2.13. The van der Waals surface area contributed by atoms with Crippen molar-refractivity contribution in [2.75, 3.05) is 12.0 Å². The molecular weight excluding hydrogens is 174 g/mol. The Hall–Kier alpha value is -1.30. The number of aromatic nitrogens is 4. The first-order valence-electron chi connectivity index (χ1n) is 3.31. The number of nitrogens with zero attached hydrogens (tertiary/aromatic N) is 4. The molecule has 0 atom stereocenters. The van der Waals surface area contributed by atoms with Gasteiger partial charge in [-0.15, -0.1) is 10.2 Å². The van der Waals surface area contributed by atoms with E-state index in [1.165, 1.54) is 11.8 Å². The van der Waals surface area contributed by atoms with Gasteiger partial charge in [0.25, 0.3) is 5.78 Å². The number of thioether (sulfide) groups is 1. The van der Waals surface area contributed by atoms with Crippen LogP contribution in [0.25, 0.3) is 5.78 Å². The minimum absolute atomic E-state index is 0.577. The fraction of sp³-hybridized carbons (Fsp3) is 0.167. The van der Waals surface area contributed by atoms with Gasteiger partial charge in [0.15, 0.2) is 5.16 Å². The van der Waals surface area contributed by atoms with Gasteiger partial charge in [0.2, 0.25) is 0 Å². The largest absolute Gasteiger partial charge is 0.396 e. The molecule has 0 fully saturated rings. The molecule has 2 heterocycles. The Labute approximate surface area is 73.0 Å². The second-order valence-corrected chi connectivity index (χ2v) is 3.02. The summed E-state index contributed by atoms with van der Waals surface area (Å²) in [6.45, 7) is 0. The van der Waals surface area contributed by atoms with E-state index in [4.69, 9.17) is 5.73 Å². The first kappa shape index (κ1) is 7.35. The molecule has 0 radical (unpaired) electrons. The van der Waals surface area contributed by atoms with Gasteiger partial charge >= 0.3 is 0 Å². The summed E-state index contributed by atoms with van der Waals surface area (Å²) in [6.07, 6.45) is 5.25. The van der Waals surface area contributed by atoms with Crippen LogP contribution in [0.1, 0.15) is 0 Å². The number of hydrogen-bond acceptors (Lipinski definition) is 5. The Morgan fingerprint density at radius 3 is 3.08 bits per heavy atom. The molecule has 0 bridgehead atoms. The molecule has 2 rings (SSSR count). The van der Waals surface area contributed by atoms with Crippen molar-refractivity contribution in [1.29, 1.82) is 0 Å². The summed E-state index contributed by atoms with van der Waals surface area (Å²) in [5, 5.41) is 8.56. The van der Waals surface area contributed by atoms with Gasteiger partial charge in [-0.2, -0.15) is 0 Å². The van der Waals surface area contributed by atoms with Gasteiger partial charge in [0, 0.05) is 6.20 Å².